The Morgan fingerprint density at radius 3 is 2.09 bits per heavy atom. The van der Waals surface area contributed by atoms with Crippen molar-refractivity contribution >= 4 is 23.7 Å². The number of halogens is 1. The van der Waals surface area contributed by atoms with E-state index < -0.39 is 12.1 Å². The zero-order chi connectivity index (χ0) is 16.7. The summed E-state index contributed by atoms with van der Waals surface area (Å²) in [4.78, 5) is 22.6. The molecule has 0 heterocycles. The van der Waals surface area contributed by atoms with Crippen LogP contribution in [0.4, 0.5) is 4.79 Å². The van der Waals surface area contributed by atoms with E-state index in [9.17, 15) is 9.59 Å². The predicted molar refractivity (Wildman–Crippen MR) is 84.8 cm³/mol. The van der Waals surface area contributed by atoms with E-state index in [0.29, 0.717) is 22.1 Å². The van der Waals surface area contributed by atoms with Crippen molar-refractivity contribution in [1.29, 1.82) is 0 Å². The van der Waals surface area contributed by atoms with Crippen molar-refractivity contribution in [2.75, 3.05) is 6.61 Å². The molecule has 0 aromatic heterocycles. The Balaban J connectivity index is 1.90. The van der Waals surface area contributed by atoms with Gasteiger partial charge in [0, 0.05) is 5.02 Å². The number of hydrogen-bond donors (Lipinski definition) is 0. The molecule has 23 heavy (non-hydrogen) atoms. The van der Waals surface area contributed by atoms with Crippen molar-refractivity contribution in [3.05, 3.63) is 59.1 Å². The van der Waals surface area contributed by atoms with Gasteiger partial charge in [-0.2, -0.15) is 0 Å². The maximum absolute atomic E-state index is 11.5. The van der Waals surface area contributed by atoms with Gasteiger partial charge in [0.25, 0.3) is 0 Å². The Kier molecular flexibility index (Phi) is 6.00. The Morgan fingerprint density at radius 2 is 1.52 bits per heavy atom. The van der Waals surface area contributed by atoms with E-state index in [1.807, 2.05) is 0 Å². The number of hydrogen-bond acceptors (Lipinski definition) is 5. The fourth-order valence-electron chi connectivity index (χ4n) is 1.76. The number of carbonyl (C=O) groups is 2. The first-order chi connectivity index (χ1) is 11.1. The van der Waals surface area contributed by atoms with Crippen LogP contribution in [0.5, 0.6) is 11.5 Å². The molecule has 0 N–H and O–H groups in total. The molecule has 6 heteroatoms. The molecule has 0 amide bonds. The van der Waals surface area contributed by atoms with Gasteiger partial charge in [-0.15, -0.1) is 0 Å². The summed E-state index contributed by atoms with van der Waals surface area (Å²) >= 11 is 5.81. The Bertz CT molecular complexity index is 664. The third-order valence-electron chi connectivity index (χ3n) is 2.78. The quantitative estimate of drug-likeness (QED) is 0.600. The van der Waals surface area contributed by atoms with E-state index >= 15 is 0 Å². The van der Waals surface area contributed by atoms with E-state index in [2.05, 4.69) is 9.47 Å². The SMILES string of the molecule is CCOC(=O)OC(=O)Cc1ccc(Oc2ccc(Cl)cc2)cc1. The van der Waals surface area contributed by atoms with Crippen LogP contribution in [0.1, 0.15) is 12.5 Å². The monoisotopic (exact) mass is 334 g/mol. The van der Waals surface area contributed by atoms with Crippen LogP contribution in [0.2, 0.25) is 5.02 Å². The zero-order valence-electron chi connectivity index (χ0n) is 12.5. The lowest BCUT2D eigenvalue weighted by atomic mass is 10.1. The first-order valence-electron chi connectivity index (χ1n) is 6.96. The van der Waals surface area contributed by atoms with Gasteiger partial charge in [-0.3, -0.25) is 4.79 Å². The van der Waals surface area contributed by atoms with Gasteiger partial charge in [-0.1, -0.05) is 23.7 Å². The van der Waals surface area contributed by atoms with Gasteiger partial charge in [0.2, 0.25) is 0 Å². The van der Waals surface area contributed by atoms with Gasteiger partial charge < -0.3 is 14.2 Å². The van der Waals surface area contributed by atoms with Crippen molar-refractivity contribution in [2.45, 2.75) is 13.3 Å². The highest BCUT2D eigenvalue weighted by atomic mass is 35.5. The summed E-state index contributed by atoms with van der Waals surface area (Å²) in [5.41, 5.74) is 0.697. The van der Waals surface area contributed by atoms with Gasteiger partial charge in [0.1, 0.15) is 11.5 Å². The second-order valence-electron chi connectivity index (χ2n) is 4.53. The molecular formula is C17H15ClO5. The molecule has 120 valence electrons. The molecule has 0 spiro atoms. The molecule has 0 saturated carbocycles. The third-order valence-corrected chi connectivity index (χ3v) is 3.03. The number of rotatable bonds is 5. The summed E-state index contributed by atoms with van der Waals surface area (Å²) in [7, 11) is 0. The minimum absolute atomic E-state index is 0.0277. The fourth-order valence-corrected chi connectivity index (χ4v) is 1.88. The lowest BCUT2D eigenvalue weighted by Gasteiger charge is -2.07. The summed E-state index contributed by atoms with van der Waals surface area (Å²) in [6, 6.07) is 13.9. The van der Waals surface area contributed by atoms with Crippen LogP contribution in [0.15, 0.2) is 48.5 Å². The summed E-state index contributed by atoms with van der Waals surface area (Å²) in [6.45, 7) is 1.79. The van der Waals surface area contributed by atoms with E-state index in [1.165, 1.54) is 0 Å². The van der Waals surface area contributed by atoms with Gasteiger partial charge in [-0.05, 0) is 48.9 Å². The molecule has 0 atom stereocenters. The molecule has 0 aliphatic heterocycles. The predicted octanol–water partition coefficient (Wildman–Crippen LogP) is 4.37. The van der Waals surface area contributed by atoms with Crippen LogP contribution < -0.4 is 4.74 Å². The summed E-state index contributed by atoms with van der Waals surface area (Å²) in [5, 5.41) is 0.632. The van der Waals surface area contributed by atoms with Gasteiger partial charge in [0.15, 0.2) is 0 Å². The molecule has 0 aliphatic rings. The van der Waals surface area contributed by atoms with Crippen molar-refractivity contribution in [2.24, 2.45) is 0 Å². The molecule has 2 aromatic rings. The summed E-state index contributed by atoms with van der Waals surface area (Å²) in [5.74, 6) is 0.605. The minimum Gasteiger partial charge on any atom is -0.457 e. The lowest BCUT2D eigenvalue weighted by Crippen LogP contribution is -2.15. The van der Waals surface area contributed by atoms with E-state index in [1.54, 1.807) is 55.5 Å². The van der Waals surface area contributed by atoms with Crippen LogP contribution in [-0.4, -0.2) is 18.7 Å². The number of carbonyl (C=O) groups excluding carboxylic acids is 2. The molecular weight excluding hydrogens is 320 g/mol. The topological polar surface area (TPSA) is 61.8 Å². The Hall–Kier alpha value is -2.53. The van der Waals surface area contributed by atoms with Crippen molar-refractivity contribution in [3.63, 3.8) is 0 Å². The summed E-state index contributed by atoms with van der Waals surface area (Å²) < 4.78 is 14.7. The number of benzene rings is 2. The lowest BCUT2D eigenvalue weighted by molar-refractivity contribution is -0.138. The first-order valence-corrected chi connectivity index (χ1v) is 7.34. The van der Waals surface area contributed by atoms with Crippen LogP contribution in [0.3, 0.4) is 0 Å². The molecule has 0 unspecified atom stereocenters. The van der Waals surface area contributed by atoms with Crippen LogP contribution >= 0.6 is 11.6 Å². The van der Waals surface area contributed by atoms with E-state index in [0.717, 1.165) is 0 Å². The highest BCUT2D eigenvalue weighted by molar-refractivity contribution is 6.30. The van der Waals surface area contributed by atoms with E-state index in [4.69, 9.17) is 16.3 Å². The molecule has 0 radical (unpaired) electrons. The second kappa shape index (κ2) is 8.19. The van der Waals surface area contributed by atoms with Crippen molar-refractivity contribution in [1.82, 2.24) is 0 Å². The van der Waals surface area contributed by atoms with Crippen LogP contribution in [0.25, 0.3) is 0 Å². The maximum atomic E-state index is 11.5. The first kappa shape index (κ1) is 16.8. The van der Waals surface area contributed by atoms with Crippen LogP contribution in [-0.2, 0) is 20.7 Å². The number of ether oxygens (including phenoxy) is 3. The van der Waals surface area contributed by atoms with Crippen LogP contribution in [0, 0.1) is 0 Å². The van der Waals surface area contributed by atoms with Gasteiger partial charge in [0.05, 0.1) is 13.0 Å². The molecule has 0 aliphatic carbocycles. The molecule has 0 bridgehead atoms. The molecule has 0 fully saturated rings. The highest BCUT2D eigenvalue weighted by Crippen LogP contribution is 2.23. The molecule has 0 saturated heterocycles. The van der Waals surface area contributed by atoms with Gasteiger partial charge >= 0.3 is 12.1 Å². The standard InChI is InChI=1S/C17H15ClO5/c1-2-21-17(20)23-16(19)11-12-3-7-14(8-4-12)22-15-9-5-13(18)6-10-15/h3-10H,2,11H2,1H3. The maximum Gasteiger partial charge on any atom is 0.516 e. The van der Waals surface area contributed by atoms with Crippen molar-refractivity contribution in [3.8, 4) is 11.5 Å². The van der Waals surface area contributed by atoms with E-state index in [-0.39, 0.29) is 13.0 Å². The van der Waals surface area contributed by atoms with Crippen molar-refractivity contribution < 1.29 is 23.8 Å². The fraction of sp³-hybridized carbons (Fsp3) is 0.176. The Morgan fingerprint density at radius 1 is 0.957 bits per heavy atom. The molecule has 5 nitrogen and oxygen atoms in total. The second-order valence-corrected chi connectivity index (χ2v) is 4.97. The number of esters is 1. The van der Waals surface area contributed by atoms with Gasteiger partial charge in [-0.25, -0.2) is 4.79 Å². The largest absolute Gasteiger partial charge is 0.516 e. The average Bonchev–Trinajstić information content (AvgIpc) is 2.51. The Labute approximate surface area is 138 Å². The smallest absolute Gasteiger partial charge is 0.457 e. The normalized spacial score (nSPS) is 10.0. The summed E-state index contributed by atoms with van der Waals surface area (Å²) in [6.07, 6.45) is -1.01. The zero-order valence-corrected chi connectivity index (χ0v) is 13.2. The molecule has 2 aromatic carbocycles. The molecule has 2 rings (SSSR count). The third kappa shape index (κ3) is 5.64. The minimum atomic E-state index is -0.986. The highest BCUT2D eigenvalue weighted by Gasteiger charge is 2.11. The average molecular weight is 335 g/mol.